The molecular weight excluding hydrogens is 384 g/mol. The maximum Gasteiger partial charge on any atom is 0.344 e. The lowest BCUT2D eigenvalue weighted by Gasteiger charge is -2.36. The number of amides is 1. The summed E-state index contributed by atoms with van der Waals surface area (Å²) in [7, 11) is 0. The van der Waals surface area contributed by atoms with Crippen LogP contribution in [0.3, 0.4) is 0 Å². The van der Waals surface area contributed by atoms with Crippen molar-refractivity contribution in [1.82, 2.24) is 14.6 Å². The Morgan fingerprint density at radius 2 is 1.90 bits per heavy atom. The van der Waals surface area contributed by atoms with E-state index in [4.69, 9.17) is 10.5 Å². The van der Waals surface area contributed by atoms with E-state index in [9.17, 15) is 18.4 Å². The highest BCUT2D eigenvalue weighted by molar-refractivity contribution is 5.98. The second-order valence-corrected chi connectivity index (χ2v) is 7.87. The number of halogens is 2. The van der Waals surface area contributed by atoms with E-state index >= 15 is 0 Å². The van der Waals surface area contributed by atoms with Crippen LogP contribution in [0.1, 0.15) is 61.7 Å². The van der Waals surface area contributed by atoms with Crippen LogP contribution < -0.4 is 11.1 Å². The standard InChI is InChI=1S/C19H23F2N5O3/c20-19(21)8-6-18(7-9-19,17(22)28)29-16(27)13-11-23-26-10-5-14(25-15(13)26)24-12-3-1-2-4-12/h5,10-12H,1-4,6-9H2,(H2,22,28)(H,24,25). The SMILES string of the molecule is NC(=O)C1(OC(=O)c2cnn3ccc(NC4CCCC4)nc23)CCC(F)(F)CC1. The number of hydrogen-bond donors (Lipinski definition) is 2. The quantitative estimate of drug-likeness (QED) is 0.737. The predicted molar refractivity (Wildman–Crippen MR) is 99.6 cm³/mol. The minimum atomic E-state index is -2.89. The number of ether oxygens (including phenoxy) is 1. The van der Waals surface area contributed by atoms with Crippen molar-refractivity contribution in [2.24, 2.45) is 5.73 Å². The third-order valence-corrected chi connectivity index (χ3v) is 5.82. The molecule has 0 spiro atoms. The number of carbonyl (C=O) groups is 2. The Balaban J connectivity index is 1.56. The van der Waals surface area contributed by atoms with Crippen molar-refractivity contribution in [3.8, 4) is 0 Å². The molecule has 2 heterocycles. The second-order valence-electron chi connectivity index (χ2n) is 7.87. The highest BCUT2D eigenvalue weighted by Crippen LogP contribution is 2.40. The molecule has 2 aliphatic rings. The van der Waals surface area contributed by atoms with Crippen LogP contribution in [0.5, 0.6) is 0 Å². The zero-order valence-electron chi connectivity index (χ0n) is 15.9. The Kier molecular flexibility index (Phi) is 4.87. The molecule has 10 heteroatoms. The molecule has 0 saturated heterocycles. The number of alkyl halides is 2. The van der Waals surface area contributed by atoms with Crippen LogP contribution >= 0.6 is 0 Å². The van der Waals surface area contributed by atoms with Crippen molar-refractivity contribution in [2.45, 2.75) is 68.9 Å². The maximum atomic E-state index is 13.5. The minimum absolute atomic E-state index is 0.0537. The summed E-state index contributed by atoms with van der Waals surface area (Å²) in [5.41, 5.74) is 3.99. The summed E-state index contributed by atoms with van der Waals surface area (Å²) < 4.78 is 33.9. The summed E-state index contributed by atoms with van der Waals surface area (Å²) in [5.74, 6) is -4.05. The molecule has 2 saturated carbocycles. The number of nitrogens with two attached hydrogens (primary N) is 1. The van der Waals surface area contributed by atoms with Gasteiger partial charge in [0.25, 0.3) is 5.91 Å². The molecule has 8 nitrogen and oxygen atoms in total. The molecule has 0 atom stereocenters. The van der Waals surface area contributed by atoms with Gasteiger partial charge in [0.2, 0.25) is 5.92 Å². The van der Waals surface area contributed by atoms with E-state index < -0.39 is 36.2 Å². The lowest BCUT2D eigenvalue weighted by atomic mass is 9.82. The lowest BCUT2D eigenvalue weighted by molar-refractivity contribution is -0.151. The van der Waals surface area contributed by atoms with Gasteiger partial charge in [-0.05, 0) is 18.9 Å². The molecule has 0 bridgehead atoms. The van der Waals surface area contributed by atoms with E-state index in [2.05, 4.69) is 15.4 Å². The molecule has 4 rings (SSSR count). The smallest absolute Gasteiger partial charge is 0.344 e. The van der Waals surface area contributed by atoms with E-state index in [1.165, 1.54) is 23.6 Å². The van der Waals surface area contributed by atoms with E-state index in [1.807, 2.05) is 0 Å². The fraction of sp³-hybridized carbons (Fsp3) is 0.579. The van der Waals surface area contributed by atoms with Crippen LogP contribution in [0.25, 0.3) is 5.65 Å². The van der Waals surface area contributed by atoms with Gasteiger partial charge >= 0.3 is 5.97 Å². The monoisotopic (exact) mass is 407 g/mol. The Hall–Kier alpha value is -2.78. The largest absolute Gasteiger partial charge is 0.445 e. The van der Waals surface area contributed by atoms with E-state index in [0.717, 1.165) is 12.8 Å². The number of fused-ring (bicyclic) bond motifs is 1. The van der Waals surface area contributed by atoms with E-state index in [1.54, 1.807) is 12.3 Å². The summed E-state index contributed by atoms with van der Waals surface area (Å²) in [4.78, 5) is 29.2. The zero-order chi connectivity index (χ0) is 20.6. The van der Waals surface area contributed by atoms with Crippen LogP contribution in [-0.4, -0.2) is 44.0 Å². The van der Waals surface area contributed by atoms with Gasteiger partial charge in [0.1, 0.15) is 11.4 Å². The third-order valence-electron chi connectivity index (χ3n) is 5.82. The molecule has 2 aromatic rings. The van der Waals surface area contributed by atoms with Crippen molar-refractivity contribution >= 4 is 23.3 Å². The molecular formula is C19H23F2N5O3. The van der Waals surface area contributed by atoms with Crippen LogP contribution in [0.15, 0.2) is 18.5 Å². The number of carbonyl (C=O) groups excluding carboxylic acids is 2. The van der Waals surface area contributed by atoms with E-state index in [-0.39, 0.29) is 24.1 Å². The number of aromatic nitrogens is 3. The normalized spacial score (nSPS) is 21.2. The van der Waals surface area contributed by atoms with Crippen molar-refractivity contribution in [2.75, 3.05) is 5.32 Å². The third kappa shape index (κ3) is 3.88. The molecule has 0 aliphatic heterocycles. The Morgan fingerprint density at radius 3 is 2.55 bits per heavy atom. The highest BCUT2D eigenvalue weighted by atomic mass is 19.3. The molecule has 3 N–H and O–H groups in total. The molecule has 2 aromatic heterocycles. The summed E-state index contributed by atoms with van der Waals surface area (Å²) in [6.45, 7) is 0. The summed E-state index contributed by atoms with van der Waals surface area (Å²) in [6.07, 6.45) is 5.65. The minimum Gasteiger partial charge on any atom is -0.445 e. The average Bonchev–Trinajstić information content (AvgIpc) is 3.33. The molecule has 0 unspecified atom stereocenters. The van der Waals surface area contributed by atoms with Gasteiger partial charge in [0, 0.05) is 37.9 Å². The van der Waals surface area contributed by atoms with Crippen LogP contribution in [0.2, 0.25) is 0 Å². The number of anilines is 1. The first-order valence-corrected chi connectivity index (χ1v) is 9.80. The molecule has 0 aromatic carbocycles. The van der Waals surface area contributed by atoms with Crippen molar-refractivity contribution < 1.29 is 23.1 Å². The van der Waals surface area contributed by atoms with Crippen LogP contribution in [0, 0.1) is 0 Å². The fourth-order valence-corrected chi connectivity index (χ4v) is 4.02. The molecule has 2 fully saturated rings. The Morgan fingerprint density at radius 1 is 1.21 bits per heavy atom. The van der Waals surface area contributed by atoms with Gasteiger partial charge in [-0.25, -0.2) is 23.1 Å². The highest BCUT2D eigenvalue weighted by Gasteiger charge is 2.50. The first-order chi connectivity index (χ1) is 13.8. The number of nitrogens with zero attached hydrogens (tertiary/aromatic N) is 3. The van der Waals surface area contributed by atoms with Gasteiger partial charge in [-0.3, -0.25) is 4.79 Å². The fourth-order valence-electron chi connectivity index (χ4n) is 4.02. The molecule has 0 radical (unpaired) electrons. The first kappa shape index (κ1) is 19.5. The zero-order valence-corrected chi connectivity index (χ0v) is 15.9. The molecule has 1 amide bonds. The Bertz CT molecular complexity index is 929. The topological polar surface area (TPSA) is 112 Å². The number of rotatable bonds is 5. The molecule has 29 heavy (non-hydrogen) atoms. The number of esters is 1. The number of primary amides is 1. The average molecular weight is 407 g/mol. The van der Waals surface area contributed by atoms with Gasteiger partial charge in [-0.15, -0.1) is 0 Å². The number of nitrogens with one attached hydrogen (secondary N) is 1. The second kappa shape index (κ2) is 7.23. The van der Waals surface area contributed by atoms with Crippen LogP contribution in [-0.2, 0) is 9.53 Å². The lowest BCUT2D eigenvalue weighted by Crippen LogP contribution is -2.51. The summed E-state index contributed by atoms with van der Waals surface area (Å²) in [5, 5.41) is 7.43. The van der Waals surface area contributed by atoms with Gasteiger partial charge < -0.3 is 15.8 Å². The van der Waals surface area contributed by atoms with E-state index in [0.29, 0.717) is 11.9 Å². The van der Waals surface area contributed by atoms with Gasteiger partial charge in [-0.2, -0.15) is 5.10 Å². The molecule has 156 valence electrons. The predicted octanol–water partition coefficient (Wildman–Crippen LogP) is 2.67. The van der Waals surface area contributed by atoms with Crippen LogP contribution in [0.4, 0.5) is 14.6 Å². The van der Waals surface area contributed by atoms with Gasteiger partial charge in [0.05, 0.1) is 6.20 Å². The van der Waals surface area contributed by atoms with Crippen molar-refractivity contribution in [3.05, 3.63) is 24.0 Å². The first-order valence-electron chi connectivity index (χ1n) is 9.80. The van der Waals surface area contributed by atoms with Crippen molar-refractivity contribution in [1.29, 1.82) is 0 Å². The Labute approximate surface area is 165 Å². The maximum absolute atomic E-state index is 13.5. The number of hydrogen-bond acceptors (Lipinski definition) is 6. The van der Waals surface area contributed by atoms with Crippen molar-refractivity contribution in [3.63, 3.8) is 0 Å². The summed E-state index contributed by atoms with van der Waals surface area (Å²) >= 11 is 0. The van der Waals surface area contributed by atoms with Gasteiger partial charge in [0.15, 0.2) is 11.2 Å². The molecule has 2 aliphatic carbocycles. The van der Waals surface area contributed by atoms with Gasteiger partial charge in [-0.1, -0.05) is 12.8 Å². The summed E-state index contributed by atoms with van der Waals surface area (Å²) in [6, 6.07) is 2.10.